The normalized spacial score (nSPS) is 28.4. The van der Waals surface area contributed by atoms with E-state index in [1.165, 1.54) is 6.26 Å². The molecule has 0 aromatic rings. The van der Waals surface area contributed by atoms with Crippen molar-refractivity contribution in [1.29, 1.82) is 0 Å². The average molecular weight is 188 g/mol. The highest BCUT2D eigenvalue weighted by Gasteiger charge is 2.21. The van der Waals surface area contributed by atoms with Gasteiger partial charge in [-0.2, -0.15) is 4.94 Å². The summed E-state index contributed by atoms with van der Waals surface area (Å²) in [5.41, 5.74) is 0. The third-order valence-electron chi connectivity index (χ3n) is 2.71. The van der Waals surface area contributed by atoms with Crippen LogP contribution < -0.4 is 0 Å². The monoisotopic (exact) mass is 188 g/mol. The first kappa shape index (κ1) is 10.5. The van der Waals surface area contributed by atoms with Gasteiger partial charge in [0.25, 0.3) is 0 Å². The Bertz CT molecular complexity index is 142. The molecule has 1 saturated carbocycles. The van der Waals surface area contributed by atoms with Crippen LogP contribution in [0.4, 0.5) is 4.53 Å². The zero-order valence-electron chi connectivity index (χ0n) is 7.88. The highest BCUT2D eigenvalue weighted by molar-refractivity contribution is 4.72. The van der Waals surface area contributed by atoms with E-state index in [-0.39, 0.29) is 6.61 Å². The van der Waals surface area contributed by atoms with Gasteiger partial charge in [0.1, 0.15) is 0 Å². The van der Waals surface area contributed by atoms with Gasteiger partial charge in [-0.25, -0.2) is 0 Å². The molecule has 76 valence electrons. The lowest BCUT2D eigenvalue weighted by atomic mass is 9.83. The second kappa shape index (κ2) is 5.97. The Labute approximate surface area is 78.6 Å². The molecular formula is C10H17FO2. The SMILES string of the molecule is C=COCC1CCC(COF)CC1. The van der Waals surface area contributed by atoms with Crippen molar-refractivity contribution in [3.05, 3.63) is 12.8 Å². The topological polar surface area (TPSA) is 18.5 Å². The lowest BCUT2D eigenvalue weighted by molar-refractivity contribution is -0.149. The minimum absolute atomic E-state index is 0.259. The molecule has 0 atom stereocenters. The maximum atomic E-state index is 11.5. The van der Waals surface area contributed by atoms with Crippen molar-refractivity contribution in [2.45, 2.75) is 25.7 Å². The third-order valence-corrected chi connectivity index (χ3v) is 2.71. The van der Waals surface area contributed by atoms with E-state index in [0.29, 0.717) is 11.8 Å². The second-order valence-corrected chi connectivity index (χ2v) is 3.66. The van der Waals surface area contributed by atoms with Crippen LogP contribution in [0.2, 0.25) is 0 Å². The van der Waals surface area contributed by atoms with Crippen molar-refractivity contribution in [2.24, 2.45) is 11.8 Å². The lowest BCUT2D eigenvalue weighted by Gasteiger charge is -2.26. The number of ether oxygens (including phenoxy) is 1. The molecule has 2 nitrogen and oxygen atoms in total. The van der Waals surface area contributed by atoms with E-state index in [9.17, 15) is 4.53 Å². The molecule has 0 aromatic heterocycles. The van der Waals surface area contributed by atoms with E-state index < -0.39 is 0 Å². The smallest absolute Gasteiger partial charge is 0.0904 e. The fourth-order valence-corrected chi connectivity index (χ4v) is 1.86. The predicted molar refractivity (Wildman–Crippen MR) is 48.7 cm³/mol. The predicted octanol–water partition coefficient (Wildman–Crippen LogP) is 2.85. The Morgan fingerprint density at radius 2 is 1.69 bits per heavy atom. The summed E-state index contributed by atoms with van der Waals surface area (Å²) in [5.74, 6) is 1.03. The van der Waals surface area contributed by atoms with Crippen LogP contribution in [0, 0.1) is 11.8 Å². The van der Waals surface area contributed by atoms with Crippen LogP contribution in [-0.2, 0) is 9.68 Å². The van der Waals surface area contributed by atoms with Gasteiger partial charge in [-0.1, -0.05) is 6.58 Å². The van der Waals surface area contributed by atoms with E-state index in [0.717, 1.165) is 32.3 Å². The molecule has 0 bridgehead atoms. The zero-order valence-corrected chi connectivity index (χ0v) is 7.88. The van der Waals surface area contributed by atoms with Crippen LogP contribution in [0.1, 0.15) is 25.7 Å². The largest absolute Gasteiger partial charge is 0.502 e. The van der Waals surface area contributed by atoms with E-state index in [2.05, 4.69) is 11.5 Å². The molecule has 1 rings (SSSR count). The molecular weight excluding hydrogens is 171 g/mol. The number of hydrogen-bond donors (Lipinski definition) is 0. The lowest BCUT2D eigenvalue weighted by Crippen LogP contribution is -2.20. The van der Waals surface area contributed by atoms with Crippen molar-refractivity contribution in [3.8, 4) is 0 Å². The van der Waals surface area contributed by atoms with E-state index in [1.807, 2.05) is 0 Å². The van der Waals surface area contributed by atoms with Crippen LogP contribution in [0.5, 0.6) is 0 Å². The molecule has 0 spiro atoms. The first-order chi connectivity index (χ1) is 6.36. The highest BCUT2D eigenvalue weighted by atomic mass is 19.3. The van der Waals surface area contributed by atoms with Gasteiger partial charge in [0.15, 0.2) is 0 Å². The van der Waals surface area contributed by atoms with Crippen molar-refractivity contribution in [2.75, 3.05) is 13.2 Å². The Kier molecular flexibility index (Phi) is 4.83. The summed E-state index contributed by atoms with van der Waals surface area (Å²) < 4.78 is 16.7. The molecule has 0 amide bonds. The average Bonchev–Trinajstić information content (AvgIpc) is 2.17. The van der Waals surface area contributed by atoms with E-state index >= 15 is 0 Å². The second-order valence-electron chi connectivity index (χ2n) is 3.66. The minimum Gasteiger partial charge on any atom is -0.502 e. The number of rotatable bonds is 5. The van der Waals surface area contributed by atoms with Gasteiger partial charge in [0.2, 0.25) is 0 Å². The Morgan fingerprint density at radius 3 is 2.15 bits per heavy atom. The van der Waals surface area contributed by atoms with Crippen LogP contribution in [0.25, 0.3) is 0 Å². The van der Waals surface area contributed by atoms with Crippen LogP contribution in [-0.4, -0.2) is 13.2 Å². The quantitative estimate of drug-likeness (QED) is 0.618. The van der Waals surface area contributed by atoms with Gasteiger partial charge in [0.05, 0.1) is 19.5 Å². The summed E-state index contributed by atoms with van der Waals surface area (Å²) in [6.07, 6.45) is 5.81. The third kappa shape index (κ3) is 3.77. The highest BCUT2D eigenvalue weighted by Crippen LogP contribution is 2.29. The van der Waals surface area contributed by atoms with Crippen LogP contribution >= 0.6 is 0 Å². The molecule has 0 heterocycles. The fraction of sp³-hybridized carbons (Fsp3) is 0.800. The van der Waals surface area contributed by atoms with Gasteiger partial charge >= 0.3 is 0 Å². The minimum atomic E-state index is 0.259. The van der Waals surface area contributed by atoms with Crippen molar-refractivity contribution in [3.63, 3.8) is 0 Å². The molecule has 0 N–H and O–H groups in total. The van der Waals surface area contributed by atoms with Gasteiger partial charge < -0.3 is 4.74 Å². The summed E-state index contributed by atoms with van der Waals surface area (Å²) in [4.78, 5) is 3.65. The van der Waals surface area contributed by atoms with E-state index in [1.54, 1.807) is 0 Å². The molecule has 0 radical (unpaired) electrons. The first-order valence-electron chi connectivity index (χ1n) is 4.83. The molecule has 1 fully saturated rings. The maximum absolute atomic E-state index is 11.5. The molecule has 0 aromatic carbocycles. The van der Waals surface area contributed by atoms with Crippen molar-refractivity contribution < 1.29 is 14.2 Å². The van der Waals surface area contributed by atoms with Gasteiger partial charge in [-0.3, -0.25) is 0 Å². The molecule has 1 aliphatic carbocycles. The molecule has 1 aliphatic rings. The summed E-state index contributed by atoms with van der Waals surface area (Å²) >= 11 is 0. The summed E-state index contributed by atoms with van der Waals surface area (Å²) in [5, 5.41) is 0. The zero-order chi connectivity index (χ0) is 9.52. The van der Waals surface area contributed by atoms with Crippen molar-refractivity contribution >= 4 is 0 Å². The molecule has 13 heavy (non-hydrogen) atoms. The van der Waals surface area contributed by atoms with E-state index in [4.69, 9.17) is 4.74 Å². The van der Waals surface area contributed by atoms with Crippen LogP contribution in [0.3, 0.4) is 0 Å². The summed E-state index contributed by atoms with van der Waals surface area (Å²) in [6, 6.07) is 0. The molecule has 0 saturated heterocycles. The summed E-state index contributed by atoms with van der Waals surface area (Å²) in [7, 11) is 0. The molecule has 0 unspecified atom stereocenters. The van der Waals surface area contributed by atoms with Crippen LogP contribution in [0.15, 0.2) is 12.8 Å². The molecule has 3 heteroatoms. The van der Waals surface area contributed by atoms with Crippen molar-refractivity contribution in [1.82, 2.24) is 0 Å². The standard InChI is InChI=1S/C10H17FO2/c1-2-12-7-9-3-5-10(6-4-9)8-13-11/h2,9-10H,1,3-8H2. The first-order valence-corrected chi connectivity index (χ1v) is 4.83. The Hall–Kier alpha value is -0.570. The fourth-order valence-electron chi connectivity index (χ4n) is 1.86. The molecule has 0 aliphatic heterocycles. The Balaban J connectivity index is 2.11. The van der Waals surface area contributed by atoms with Gasteiger partial charge in [-0.15, -0.1) is 0 Å². The number of halogens is 1. The number of hydrogen-bond acceptors (Lipinski definition) is 2. The van der Waals surface area contributed by atoms with Gasteiger partial charge in [-0.05, 0) is 42.0 Å². The Morgan fingerprint density at radius 1 is 1.15 bits per heavy atom. The van der Waals surface area contributed by atoms with Gasteiger partial charge in [0, 0.05) is 0 Å². The summed E-state index contributed by atoms with van der Waals surface area (Å²) in [6.45, 7) is 4.51. The maximum Gasteiger partial charge on any atom is 0.0904 e.